The van der Waals surface area contributed by atoms with Crippen molar-refractivity contribution in [1.29, 1.82) is 0 Å². The molecule has 0 bridgehead atoms. The van der Waals surface area contributed by atoms with Gasteiger partial charge in [-0.1, -0.05) is 0 Å². The standard InChI is InChI=1S/C13H19FN2O4/c1-18-7-8(19-2)6-16-12-4-9(13(17)20-3)11(15)5-10(12)14/h4-5,8,16H,6-7,15H2,1-3H3. The molecule has 0 saturated heterocycles. The van der Waals surface area contributed by atoms with Gasteiger partial charge in [-0.2, -0.15) is 0 Å². The summed E-state index contributed by atoms with van der Waals surface area (Å²) in [5.41, 5.74) is 5.87. The normalized spacial score (nSPS) is 12.0. The van der Waals surface area contributed by atoms with E-state index in [9.17, 15) is 9.18 Å². The number of nitrogens with one attached hydrogen (secondary N) is 1. The molecule has 0 spiro atoms. The van der Waals surface area contributed by atoms with Crippen molar-refractivity contribution in [3.63, 3.8) is 0 Å². The van der Waals surface area contributed by atoms with Crippen LogP contribution in [-0.2, 0) is 14.2 Å². The zero-order chi connectivity index (χ0) is 15.1. The predicted molar refractivity (Wildman–Crippen MR) is 73.3 cm³/mol. The first-order valence-corrected chi connectivity index (χ1v) is 5.96. The molecule has 0 radical (unpaired) electrons. The summed E-state index contributed by atoms with van der Waals surface area (Å²) in [7, 11) is 4.31. The Kier molecular flexibility index (Phi) is 6.20. The molecule has 1 unspecified atom stereocenters. The van der Waals surface area contributed by atoms with Crippen LogP contribution in [0.4, 0.5) is 15.8 Å². The number of nitrogen functional groups attached to an aromatic ring is 1. The minimum absolute atomic E-state index is 0.0279. The summed E-state index contributed by atoms with van der Waals surface area (Å²) in [6.07, 6.45) is -0.237. The number of ether oxygens (including phenoxy) is 3. The number of anilines is 2. The number of methoxy groups -OCH3 is 3. The Hall–Kier alpha value is -1.86. The van der Waals surface area contributed by atoms with Gasteiger partial charge in [0.1, 0.15) is 5.82 Å². The topological polar surface area (TPSA) is 82.8 Å². The first-order chi connectivity index (χ1) is 9.53. The van der Waals surface area contributed by atoms with Gasteiger partial charge in [-0.15, -0.1) is 0 Å². The number of hydrogen-bond donors (Lipinski definition) is 2. The fourth-order valence-corrected chi connectivity index (χ4v) is 1.63. The van der Waals surface area contributed by atoms with Gasteiger partial charge in [0, 0.05) is 26.5 Å². The lowest BCUT2D eigenvalue weighted by molar-refractivity contribution is 0.0365. The molecule has 112 valence electrons. The summed E-state index contributed by atoms with van der Waals surface area (Å²) in [4.78, 5) is 11.5. The van der Waals surface area contributed by atoms with Crippen molar-refractivity contribution < 1.29 is 23.4 Å². The number of carbonyl (C=O) groups is 1. The monoisotopic (exact) mass is 286 g/mol. The summed E-state index contributed by atoms with van der Waals surface area (Å²) < 4.78 is 28.5. The molecule has 1 aromatic carbocycles. The first kappa shape index (κ1) is 16.2. The molecule has 20 heavy (non-hydrogen) atoms. The van der Waals surface area contributed by atoms with Crippen LogP contribution in [0, 0.1) is 5.82 Å². The van der Waals surface area contributed by atoms with Gasteiger partial charge in [0.25, 0.3) is 0 Å². The summed E-state index contributed by atoms with van der Waals surface area (Å²) in [5.74, 6) is -1.17. The largest absolute Gasteiger partial charge is 0.465 e. The molecule has 1 atom stereocenters. The van der Waals surface area contributed by atoms with Crippen LogP contribution in [-0.4, -0.2) is 46.6 Å². The van der Waals surface area contributed by atoms with Gasteiger partial charge in [0.2, 0.25) is 0 Å². The van der Waals surface area contributed by atoms with Crippen molar-refractivity contribution in [2.45, 2.75) is 6.10 Å². The average molecular weight is 286 g/mol. The Balaban J connectivity index is 2.86. The summed E-state index contributed by atoms with van der Waals surface area (Å²) in [6.45, 7) is 0.690. The third-order valence-electron chi connectivity index (χ3n) is 2.75. The van der Waals surface area contributed by atoms with Crippen LogP contribution < -0.4 is 11.1 Å². The van der Waals surface area contributed by atoms with E-state index < -0.39 is 11.8 Å². The molecule has 0 aliphatic rings. The summed E-state index contributed by atoms with van der Waals surface area (Å²) in [6, 6.07) is 2.39. The quantitative estimate of drug-likeness (QED) is 0.580. The second-order valence-corrected chi connectivity index (χ2v) is 4.10. The van der Waals surface area contributed by atoms with Gasteiger partial charge in [-0.25, -0.2) is 9.18 Å². The maximum absolute atomic E-state index is 13.8. The predicted octanol–water partition coefficient (Wildman–Crippen LogP) is 1.27. The lowest BCUT2D eigenvalue weighted by Crippen LogP contribution is -2.27. The highest BCUT2D eigenvalue weighted by molar-refractivity contribution is 5.96. The molecule has 0 aliphatic carbocycles. The fraction of sp³-hybridized carbons (Fsp3) is 0.462. The van der Waals surface area contributed by atoms with E-state index in [4.69, 9.17) is 15.2 Å². The zero-order valence-electron chi connectivity index (χ0n) is 11.7. The highest BCUT2D eigenvalue weighted by atomic mass is 19.1. The van der Waals surface area contributed by atoms with Gasteiger partial charge in [0.05, 0.1) is 31.1 Å². The fourth-order valence-electron chi connectivity index (χ4n) is 1.63. The number of benzene rings is 1. The number of halogens is 1. The van der Waals surface area contributed by atoms with E-state index in [1.54, 1.807) is 7.11 Å². The van der Waals surface area contributed by atoms with E-state index in [2.05, 4.69) is 10.1 Å². The number of carbonyl (C=O) groups excluding carboxylic acids is 1. The number of hydrogen-bond acceptors (Lipinski definition) is 6. The second-order valence-electron chi connectivity index (χ2n) is 4.10. The Bertz CT molecular complexity index is 468. The minimum Gasteiger partial charge on any atom is -0.465 e. The molecule has 1 aromatic rings. The van der Waals surface area contributed by atoms with E-state index in [0.29, 0.717) is 13.2 Å². The minimum atomic E-state index is -0.620. The lowest BCUT2D eigenvalue weighted by Gasteiger charge is -2.17. The second kappa shape index (κ2) is 7.66. The molecule has 0 aromatic heterocycles. The van der Waals surface area contributed by atoms with Gasteiger partial charge in [0.15, 0.2) is 0 Å². The Morgan fingerprint density at radius 2 is 2.10 bits per heavy atom. The molecule has 3 N–H and O–H groups in total. The number of nitrogens with two attached hydrogens (primary N) is 1. The zero-order valence-corrected chi connectivity index (χ0v) is 11.7. The first-order valence-electron chi connectivity index (χ1n) is 5.96. The molecule has 0 heterocycles. The van der Waals surface area contributed by atoms with Crippen LogP contribution in [0.15, 0.2) is 12.1 Å². The summed E-state index contributed by atoms with van der Waals surface area (Å²) >= 11 is 0. The van der Waals surface area contributed by atoms with Crippen molar-refractivity contribution in [3.05, 3.63) is 23.5 Å². The van der Waals surface area contributed by atoms with Gasteiger partial charge >= 0.3 is 5.97 Å². The highest BCUT2D eigenvalue weighted by Gasteiger charge is 2.15. The van der Waals surface area contributed by atoms with Crippen LogP contribution in [0.3, 0.4) is 0 Å². The number of rotatable bonds is 7. The lowest BCUT2D eigenvalue weighted by atomic mass is 10.1. The van der Waals surface area contributed by atoms with Gasteiger partial charge in [-0.3, -0.25) is 0 Å². The Morgan fingerprint density at radius 1 is 1.40 bits per heavy atom. The van der Waals surface area contributed by atoms with Crippen LogP contribution in [0.5, 0.6) is 0 Å². The SMILES string of the molecule is COCC(CNc1cc(C(=O)OC)c(N)cc1F)OC. The molecule has 0 saturated carbocycles. The molecular weight excluding hydrogens is 267 g/mol. The maximum atomic E-state index is 13.8. The molecule has 0 aliphatic heterocycles. The van der Waals surface area contributed by atoms with E-state index in [1.165, 1.54) is 20.3 Å². The average Bonchev–Trinajstić information content (AvgIpc) is 2.44. The molecule has 0 fully saturated rings. The molecular formula is C13H19FN2O4. The summed E-state index contributed by atoms with van der Waals surface area (Å²) in [5, 5.41) is 2.85. The smallest absolute Gasteiger partial charge is 0.340 e. The van der Waals surface area contributed by atoms with Crippen molar-refractivity contribution in [1.82, 2.24) is 0 Å². The maximum Gasteiger partial charge on any atom is 0.340 e. The highest BCUT2D eigenvalue weighted by Crippen LogP contribution is 2.23. The van der Waals surface area contributed by atoms with Crippen molar-refractivity contribution in [2.75, 3.05) is 45.5 Å². The van der Waals surface area contributed by atoms with E-state index in [-0.39, 0.29) is 23.0 Å². The number of esters is 1. The molecule has 1 rings (SSSR count). The molecule has 6 nitrogen and oxygen atoms in total. The van der Waals surface area contributed by atoms with Crippen LogP contribution in [0.2, 0.25) is 0 Å². The van der Waals surface area contributed by atoms with E-state index >= 15 is 0 Å². The molecule has 7 heteroatoms. The Morgan fingerprint density at radius 3 is 2.65 bits per heavy atom. The van der Waals surface area contributed by atoms with Crippen LogP contribution in [0.1, 0.15) is 10.4 Å². The third-order valence-corrected chi connectivity index (χ3v) is 2.75. The van der Waals surface area contributed by atoms with Gasteiger partial charge < -0.3 is 25.3 Å². The van der Waals surface area contributed by atoms with Crippen molar-refractivity contribution in [3.8, 4) is 0 Å². The van der Waals surface area contributed by atoms with Crippen molar-refractivity contribution in [2.24, 2.45) is 0 Å². The van der Waals surface area contributed by atoms with E-state index in [0.717, 1.165) is 6.07 Å². The van der Waals surface area contributed by atoms with E-state index in [1.807, 2.05) is 0 Å². The van der Waals surface area contributed by atoms with Crippen molar-refractivity contribution >= 4 is 17.3 Å². The van der Waals surface area contributed by atoms with Crippen LogP contribution >= 0.6 is 0 Å². The third kappa shape index (κ3) is 4.07. The Labute approximate surface area is 117 Å². The van der Waals surface area contributed by atoms with Crippen LogP contribution in [0.25, 0.3) is 0 Å². The van der Waals surface area contributed by atoms with Gasteiger partial charge in [-0.05, 0) is 12.1 Å². The molecule has 0 amide bonds.